The molecule has 0 saturated heterocycles. The molecule has 1 rings (SSSR count). The zero-order valence-electron chi connectivity index (χ0n) is 11.1. The highest BCUT2D eigenvalue weighted by atomic mass is 16.4. The molecule has 0 aromatic heterocycles. The van der Waals surface area contributed by atoms with Gasteiger partial charge in [-0.3, -0.25) is 4.79 Å². The van der Waals surface area contributed by atoms with E-state index in [1.54, 1.807) is 0 Å². The van der Waals surface area contributed by atoms with Crippen molar-refractivity contribution in [1.29, 1.82) is 0 Å². The molecule has 3 N–H and O–H groups in total. The van der Waals surface area contributed by atoms with Gasteiger partial charge in [-0.1, -0.05) is 34.6 Å². The molecule has 0 radical (unpaired) electrons. The third-order valence-corrected chi connectivity index (χ3v) is 4.93. The Labute approximate surface area is 98.4 Å². The van der Waals surface area contributed by atoms with Crippen molar-refractivity contribution in [3.8, 4) is 0 Å². The number of hydrogen-bond donors (Lipinski definition) is 2. The van der Waals surface area contributed by atoms with Crippen molar-refractivity contribution in [2.24, 2.45) is 28.9 Å². The fourth-order valence-corrected chi connectivity index (χ4v) is 3.85. The van der Waals surface area contributed by atoms with Crippen LogP contribution in [0.3, 0.4) is 0 Å². The summed E-state index contributed by atoms with van der Waals surface area (Å²) in [6.07, 6.45) is 0.929. The Hall–Kier alpha value is -0.570. The monoisotopic (exact) mass is 227 g/mol. The fourth-order valence-electron chi connectivity index (χ4n) is 3.85. The van der Waals surface area contributed by atoms with Gasteiger partial charge in [-0.25, -0.2) is 0 Å². The molecule has 0 spiro atoms. The number of carboxylic acids is 1. The maximum absolute atomic E-state index is 10.8. The van der Waals surface area contributed by atoms with Crippen molar-refractivity contribution in [3.05, 3.63) is 0 Å². The second-order valence-electron chi connectivity index (χ2n) is 6.12. The Morgan fingerprint density at radius 3 is 2.06 bits per heavy atom. The molecule has 16 heavy (non-hydrogen) atoms. The lowest BCUT2D eigenvalue weighted by Gasteiger charge is -2.64. The second-order valence-corrected chi connectivity index (χ2v) is 6.12. The van der Waals surface area contributed by atoms with Gasteiger partial charge in [-0.2, -0.15) is 0 Å². The summed E-state index contributed by atoms with van der Waals surface area (Å²) in [5.41, 5.74) is 5.93. The lowest BCUT2D eigenvalue weighted by molar-refractivity contribution is -0.155. The van der Waals surface area contributed by atoms with Crippen LogP contribution in [0, 0.1) is 23.2 Å². The van der Waals surface area contributed by atoms with Crippen molar-refractivity contribution in [2.45, 2.75) is 53.0 Å². The highest BCUT2D eigenvalue weighted by Crippen LogP contribution is 2.61. The summed E-state index contributed by atoms with van der Waals surface area (Å²) in [5.74, 6) is 0.590. The lowest BCUT2D eigenvalue weighted by atomic mass is 9.42. The van der Waals surface area contributed by atoms with E-state index in [1.807, 2.05) is 0 Å². The van der Waals surface area contributed by atoms with E-state index in [2.05, 4.69) is 34.6 Å². The van der Waals surface area contributed by atoms with Crippen LogP contribution in [-0.2, 0) is 4.79 Å². The molecule has 0 amide bonds. The first-order valence-corrected chi connectivity index (χ1v) is 6.17. The maximum atomic E-state index is 10.8. The molecule has 0 aromatic rings. The van der Waals surface area contributed by atoms with Gasteiger partial charge < -0.3 is 10.8 Å². The van der Waals surface area contributed by atoms with Crippen LogP contribution in [0.5, 0.6) is 0 Å². The first-order valence-electron chi connectivity index (χ1n) is 6.17. The van der Waals surface area contributed by atoms with Crippen LogP contribution >= 0.6 is 0 Å². The van der Waals surface area contributed by atoms with Crippen LogP contribution in [0.1, 0.15) is 47.5 Å². The van der Waals surface area contributed by atoms with E-state index < -0.39 is 11.5 Å². The maximum Gasteiger partial charge on any atom is 0.305 e. The normalized spacial score (nSPS) is 32.9. The van der Waals surface area contributed by atoms with Gasteiger partial charge >= 0.3 is 5.97 Å². The van der Waals surface area contributed by atoms with Crippen molar-refractivity contribution in [1.82, 2.24) is 0 Å². The minimum Gasteiger partial charge on any atom is -0.481 e. The number of nitrogens with two attached hydrogens (primary N) is 1. The first kappa shape index (κ1) is 13.5. The smallest absolute Gasteiger partial charge is 0.305 e. The van der Waals surface area contributed by atoms with Crippen molar-refractivity contribution >= 4 is 5.97 Å². The third kappa shape index (κ3) is 1.75. The summed E-state index contributed by atoms with van der Waals surface area (Å²) >= 11 is 0. The molecule has 2 unspecified atom stereocenters. The minimum atomic E-state index is -0.782. The van der Waals surface area contributed by atoms with Crippen molar-refractivity contribution in [2.75, 3.05) is 0 Å². The molecule has 2 atom stereocenters. The number of rotatable bonds is 4. The van der Waals surface area contributed by atoms with E-state index in [1.165, 1.54) is 0 Å². The van der Waals surface area contributed by atoms with Crippen LogP contribution in [-0.4, -0.2) is 16.6 Å². The van der Waals surface area contributed by atoms with Crippen molar-refractivity contribution in [3.63, 3.8) is 0 Å². The van der Waals surface area contributed by atoms with Crippen LogP contribution in [0.2, 0.25) is 0 Å². The molecule has 0 aliphatic heterocycles. The minimum absolute atomic E-state index is 0.0926. The summed E-state index contributed by atoms with van der Waals surface area (Å²) in [6.45, 7) is 11.0. The molecular formula is C13H25NO2. The van der Waals surface area contributed by atoms with E-state index in [-0.39, 0.29) is 17.8 Å². The van der Waals surface area contributed by atoms with Gasteiger partial charge in [0, 0.05) is 5.54 Å². The topological polar surface area (TPSA) is 63.3 Å². The summed E-state index contributed by atoms with van der Waals surface area (Å²) in [7, 11) is 0. The summed E-state index contributed by atoms with van der Waals surface area (Å²) in [5, 5.41) is 8.90. The molecule has 3 nitrogen and oxygen atoms in total. The Morgan fingerprint density at radius 1 is 1.38 bits per heavy atom. The van der Waals surface area contributed by atoms with E-state index in [0.717, 1.165) is 6.42 Å². The van der Waals surface area contributed by atoms with Crippen molar-refractivity contribution < 1.29 is 9.90 Å². The summed E-state index contributed by atoms with van der Waals surface area (Å²) in [6, 6.07) is 0. The number of carbonyl (C=O) groups is 1. The largest absolute Gasteiger partial charge is 0.481 e. The van der Waals surface area contributed by atoms with E-state index in [4.69, 9.17) is 10.8 Å². The quantitative estimate of drug-likeness (QED) is 0.775. The highest BCUT2D eigenvalue weighted by Gasteiger charge is 2.61. The molecule has 3 heteroatoms. The average Bonchev–Trinajstić information content (AvgIpc) is 2.11. The van der Waals surface area contributed by atoms with Gasteiger partial charge in [0.05, 0.1) is 6.42 Å². The van der Waals surface area contributed by atoms with Crippen LogP contribution in [0.4, 0.5) is 0 Å². The standard InChI is InChI=1S/C13H25NO2/c1-8(2)13(9(3)4)7-12(14,10(13)5)6-11(15)16/h8-10H,6-7,14H2,1-5H3,(H,15,16). The zero-order valence-corrected chi connectivity index (χ0v) is 11.1. The predicted octanol–water partition coefficient (Wildman–Crippen LogP) is 2.50. The van der Waals surface area contributed by atoms with Gasteiger partial charge in [0.15, 0.2) is 0 Å². The molecule has 1 fully saturated rings. The highest BCUT2D eigenvalue weighted by molar-refractivity contribution is 5.69. The van der Waals surface area contributed by atoms with E-state index in [0.29, 0.717) is 11.8 Å². The Morgan fingerprint density at radius 2 is 1.81 bits per heavy atom. The zero-order chi connectivity index (χ0) is 12.7. The van der Waals surface area contributed by atoms with Gasteiger partial charge in [0.25, 0.3) is 0 Å². The Bertz CT molecular complexity index is 278. The van der Waals surface area contributed by atoms with Gasteiger partial charge in [0.2, 0.25) is 0 Å². The molecule has 0 aromatic carbocycles. The molecule has 94 valence electrons. The summed E-state index contributed by atoms with van der Waals surface area (Å²) in [4.78, 5) is 10.8. The lowest BCUT2D eigenvalue weighted by Crippen LogP contribution is -2.69. The molecule has 1 saturated carbocycles. The van der Waals surface area contributed by atoms with Gasteiger partial charge in [0.1, 0.15) is 0 Å². The molecular weight excluding hydrogens is 202 g/mol. The Balaban J connectivity index is 2.88. The fraction of sp³-hybridized carbons (Fsp3) is 0.923. The van der Waals surface area contributed by atoms with Gasteiger partial charge in [-0.05, 0) is 29.6 Å². The molecule has 0 heterocycles. The van der Waals surface area contributed by atoms with E-state index >= 15 is 0 Å². The number of carboxylic acid groups (broad SMARTS) is 1. The molecule has 1 aliphatic rings. The average molecular weight is 227 g/mol. The summed E-state index contributed by atoms with van der Waals surface area (Å²) < 4.78 is 0. The molecule has 0 bridgehead atoms. The number of hydrogen-bond acceptors (Lipinski definition) is 2. The first-order chi connectivity index (χ1) is 7.17. The van der Waals surface area contributed by atoms with Crippen LogP contribution in [0.15, 0.2) is 0 Å². The SMILES string of the molecule is CC(C)C1(C(C)C)CC(N)(CC(=O)O)C1C. The molecule has 1 aliphatic carbocycles. The van der Waals surface area contributed by atoms with Crippen LogP contribution < -0.4 is 5.73 Å². The van der Waals surface area contributed by atoms with E-state index in [9.17, 15) is 4.79 Å². The predicted molar refractivity (Wildman–Crippen MR) is 65.1 cm³/mol. The second kappa shape index (κ2) is 4.02. The third-order valence-electron chi connectivity index (χ3n) is 4.93. The van der Waals surface area contributed by atoms with Gasteiger partial charge in [-0.15, -0.1) is 0 Å². The van der Waals surface area contributed by atoms with Crippen LogP contribution in [0.25, 0.3) is 0 Å². The Kier molecular flexibility index (Phi) is 3.39. The number of aliphatic carboxylic acids is 1.